The van der Waals surface area contributed by atoms with E-state index in [9.17, 15) is 0 Å². The first-order chi connectivity index (χ1) is 8.96. The lowest BCUT2D eigenvalue weighted by Gasteiger charge is -2.29. The highest BCUT2D eigenvalue weighted by Crippen LogP contribution is 2.33. The minimum atomic E-state index is -0.123. The molecule has 2 saturated heterocycles. The molecule has 0 aromatic carbocycles. The van der Waals surface area contributed by atoms with Crippen molar-refractivity contribution in [2.24, 2.45) is 0 Å². The van der Waals surface area contributed by atoms with E-state index < -0.39 is 0 Å². The fourth-order valence-corrected chi connectivity index (χ4v) is 2.53. The van der Waals surface area contributed by atoms with Crippen LogP contribution in [0.3, 0.4) is 0 Å². The number of hydrogen-bond acceptors (Lipinski definition) is 4. The van der Waals surface area contributed by atoms with E-state index in [0.717, 1.165) is 12.8 Å². The smallest absolute Gasteiger partial charge is 0.115 e. The zero-order valence-electron chi connectivity index (χ0n) is 12.8. The van der Waals surface area contributed by atoms with Gasteiger partial charge in [-0.1, -0.05) is 13.8 Å². The Morgan fingerprint density at radius 3 is 2.26 bits per heavy atom. The third-order valence-electron chi connectivity index (χ3n) is 4.27. The second-order valence-electron chi connectivity index (χ2n) is 6.26. The van der Waals surface area contributed by atoms with Crippen molar-refractivity contribution in [2.45, 2.75) is 83.6 Å². The molecule has 19 heavy (non-hydrogen) atoms. The highest BCUT2D eigenvalue weighted by atomic mass is 16.6. The average Bonchev–Trinajstić information content (AvgIpc) is 2.93. The van der Waals surface area contributed by atoms with Crippen LogP contribution in [-0.2, 0) is 18.9 Å². The molecule has 5 unspecified atom stereocenters. The first kappa shape index (κ1) is 15.2. The summed E-state index contributed by atoms with van der Waals surface area (Å²) in [5.74, 6) is 0. The molecular weight excluding hydrogens is 244 g/mol. The van der Waals surface area contributed by atoms with Crippen molar-refractivity contribution < 1.29 is 18.9 Å². The maximum atomic E-state index is 6.14. The molecule has 0 aromatic rings. The van der Waals surface area contributed by atoms with Gasteiger partial charge in [-0.25, -0.2) is 0 Å². The Balaban J connectivity index is 1.90. The summed E-state index contributed by atoms with van der Waals surface area (Å²) in [7, 11) is 0. The van der Waals surface area contributed by atoms with Crippen LogP contribution in [0.25, 0.3) is 0 Å². The predicted molar refractivity (Wildman–Crippen MR) is 73.3 cm³/mol. The molecule has 4 heteroatoms. The van der Waals surface area contributed by atoms with E-state index >= 15 is 0 Å². The van der Waals surface area contributed by atoms with Gasteiger partial charge in [0.05, 0.1) is 24.9 Å². The fraction of sp³-hybridized carbons (Fsp3) is 1.00. The van der Waals surface area contributed by atoms with Gasteiger partial charge in [0.2, 0.25) is 0 Å². The largest absolute Gasteiger partial charge is 0.370 e. The summed E-state index contributed by atoms with van der Waals surface area (Å²) in [6.45, 7) is 11.8. The third kappa shape index (κ3) is 3.48. The molecule has 2 rings (SSSR count). The summed E-state index contributed by atoms with van der Waals surface area (Å²) in [6.07, 6.45) is 2.39. The Kier molecular flexibility index (Phi) is 4.88. The first-order valence-corrected chi connectivity index (χ1v) is 7.53. The number of rotatable bonds is 6. The van der Waals surface area contributed by atoms with Crippen LogP contribution in [0, 0.1) is 0 Å². The Labute approximate surface area is 116 Å². The quantitative estimate of drug-likeness (QED) is 0.744. The Bertz CT molecular complexity index is 292. The summed E-state index contributed by atoms with van der Waals surface area (Å²) in [5.41, 5.74) is -0.123. The molecule has 0 aliphatic carbocycles. The molecule has 2 aliphatic rings. The van der Waals surface area contributed by atoms with Gasteiger partial charge in [-0.3, -0.25) is 0 Å². The van der Waals surface area contributed by atoms with E-state index in [1.165, 1.54) is 0 Å². The SMILES string of the molecule is CCC(C)OC1COC2C(OC(C)(C)CC)COC12. The van der Waals surface area contributed by atoms with E-state index in [0.29, 0.717) is 13.2 Å². The van der Waals surface area contributed by atoms with Crippen molar-refractivity contribution in [3.63, 3.8) is 0 Å². The zero-order valence-corrected chi connectivity index (χ0v) is 12.8. The maximum Gasteiger partial charge on any atom is 0.115 e. The Hall–Kier alpha value is -0.160. The minimum absolute atomic E-state index is 0.0277. The van der Waals surface area contributed by atoms with Gasteiger partial charge in [0.15, 0.2) is 0 Å². The summed E-state index contributed by atoms with van der Waals surface area (Å²) >= 11 is 0. The molecular formula is C15H28O4. The van der Waals surface area contributed by atoms with Crippen LogP contribution in [0.15, 0.2) is 0 Å². The van der Waals surface area contributed by atoms with Crippen LogP contribution in [0.1, 0.15) is 47.5 Å². The third-order valence-corrected chi connectivity index (χ3v) is 4.27. The monoisotopic (exact) mass is 272 g/mol. The van der Waals surface area contributed by atoms with Gasteiger partial charge in [0.25, 0.3) is 0 Å². The van der Waals surface area contributed by atoms with Crippen LogP contribution < -0.4 is 0 Å². The summed E-state index contributed by atoms with van der Waals surface area (Å²) < 4.78 is 23.8. The summed E-state index contributed by atoms with van der Waals surface area (Å²) in [5, 5.41) is 0. The van der Waals surface area contributed by atoms with E-state index in [4.69, 9.17) is 18.9 Å². The van der Waals surface area contributed by atoms with E-state index in [1.54, 1.807) is 0 Å². The van der Waals surface area contributed by atoms with Gasteiger partial charge in [0.1, 0.15) is 24.4 Å². The second-order valence-corrected chi connectivity index (χ2v) is 6.26. The zero-order chi connectivity index (χ0) is 14.0. The van der Waals surface area contributed by atoms with Crippen molar-refractivity contribution in [1.29, 1.82) is 0 Å². The Morgan fingerprint density at radius 2 is 1.68 bits per heavy atom. The molecule has 5 atom stereocenters. The lowest BCUT2D eigenvalue weighted by molar-refractivity contribution is -0.116. The molecule has 0 bridgehead atoms. The van der Waals surface area contributed by atoms with Crippen LogP contribution in [0.2, 0.25) is 0 Å². The molecule has 0 spiro atoms. The molecule has 0 saturated carbocycles. The molecule has 0 N–H and O–H groups in total. The van der Waals surface area contributed by atoms with Gasteiger partial charge >= 0.3 is 0 Å². The van der Waals surface area contributed by atoms with Crippen LogP contribution in [0.5, 0.6) is 0 Å². The van der Waals surface area contributed by atoms with Crippen molar-refractivity contribution in [3.05, 3.63) is 0 Å². The number of fused-ring (bicyclic) bond motifs is 1. The van der Waals surface area contributed by atoms with Gasteiger partial charge in [-0.2, -0.15) is 0 Å². The lowest BCUT2D eigenvalue weighted by atomic mass is 10.0. The number of ether oxygens (including phenoxy) is 4. The Morgan fingerprint density at radius 1 is 1.11 bits per heavy atom. The van der Waals surface area contributed by atoms with Crippen molar-refractivity contribution in [1.82, 2.24) is 0 Å². The highest BCUT2D eigenvalue weighted by molar-refractivity contribution is 4.97. The van der Waals surface area contributed by atoms with Crippen molar-refractivity contribution in [3.8, 4) is 0 Å². The van der Waals surface area contributed by atoms with E-state index in [-0.39, 0.29) is 36.1 Å². The van der Waals surface area contributed by atoms with E-state index in [2.05, 4.69) is 34.6 Å². The number of hydrogen-bond donors (Lipinski definition) is 0. The summed E-state index contributed by atoms with van der Waals surface area (Å²) in [6, 6.07) is 0. The van der Waals surface area contributed by atoms with Crippen LogP contribution in [0.4, 0.5) is 0 Å². The van der Waals surface area contributed by atoms with E-state index in [1.807, 2.05) is 0 Å². The molecule has 0 aromatic heterocycles. The van der Waals surface area contributed by atoms with Gasteiger partial charge in [-0.05, 0) is 33.6 Å². The standard InChI is InChI=1S/C15H28O4/c1-6-10(3)18-11-8-16-14-12(9-17-13(11)14)19-15(4,5)7-2/h10-14H,6-9H2,1-5H3. The lowest BCUT2D eigenvalue weighted by Crippen LogP contribution is -2.39. The van der Waals surface area contributed by atoms with Gasteiger partial charge in [-0.15, -0.1) is 0 Å². The maximum absolute atomic E-state index is 6.14. The van der Waals surface area contributed by atoms with Gasteiger partial charge in [0, 0.05) is 0 Å². The first-order valence-electron chi connectivity index (χ1n) is 7.53. The normalized spacial score (nSPS) is 36.5. The van der Waals surface area contributed by atoms with Crippen molar-refractivity contribution >= 4 is 0 Å². The minimum Gasteiger partial charge on any atom is -0.370 e. The van der Waals surface area contributed by atoms with Crippen LogP contribution in [-0.4, -0.2) is 49.3 Å². The molecule has 0 radical (unpaired) electrons. The summed E-state index contributed by atoms with van der Waals surface area (Å²) in [4.78, 5) is 0. The van der Waals surface area contributed by atoms with Crippen LogP contribution >= 0.6 is 0 Å². The molecule has 4 nitrogen and oxygen atoms in total. The topological polar surface area (TPSA) is 36.9 Å². The average molecular weight is 272 g/mol. The molecule has 0 amide bonds. The molecule has 112 valence electrons. The van der Waals surface area contributed by atoms with Gasteiger partial charge < -0.3 is 18.9 Å². The molecule has 2 heterocycles. The second kappa shape index (κ2) is 6.08. The molecule has 2 aliphatic heterocycles. The predicted octanol–water partition coefficient (Wildman–Crippen LogP) is 2.54. The van der Waals surface area contributed by atoms with Crippen molar-refractivity contribution in [2.75, 3.05) is 13.2 Å². The molecule has 2 fully saturated rings. The fourth-order valence-electron chi connectivity index (χ4n) is 2.53. The highest BCUT2D eigenvalue weighted by Gasteiger charge is 2.50.